The van der Waals surface area contributed by atoms with Crippen LogP contribution in [0.5, 0.6) is 0 Å². The zero-order valence-corrected chi connectivity index (χ0v) is 17.2. The molecule has 2 heterocycles. The zero-order chi connectivity index (χ0) is 20.5. The van der Waals surface area contributed by atoms with Gasteiger partial charge in [0.15, 0.2) is 0 Å². The molecule has 0 radical (unpaired) electrons. The fourth-order valence-corrected chi connectivity index (χ4v) is 3.46. The summed E-state index contributed by atoms with van der Waals surface area (Å²) in [5.74, 6) is -0.897. The van der Waals surface area contributed by atoms with E-state index in [0.717, 1.165) is 24.1 Å². The molecule has 1 aliphatic heterocycles. The minimum Gasteiger partial charge on any atom is -0.386 e. The van der Waals surface area contributed by atoms with Crippen LogP contribution in [0.15, 0.2) is 42.4 Å². The predicted molar refractivity (Wildman–Crippen MR) is 110 cm³/mol. The van der Waals surface area contributed by atoms with Gasteiger partial charge in [0.2, 0.25) is 0 Å². The number of benzene rings is 1. The van der Waals surface area contributed by atoms with Gasteiger partial charge in [-0.25, -0.2) is 8.78 Å². The maximum atomic E-state index is 14.9. The molecule has 0 bridgehead atoms. The second-order valence-corrected chi connectivity index (χ2v) is 8.54. The zero-order valence-electron chi connectivity index (χ0n) is 17.2. The molecule has 0 amide bonds. The van der Waals surface area contributed by atoms with Crippen molar-refractivity contribution in [1.29, 1.82) is 0 Å². The molecule has 3 nitrogen and oxygen atoms in total. The first kappa shape index (κ1) is 20.3. The molecule has 2 atom stereocenters. The summed E-state index contributed by atoms with van der Waals surface area (Å²) in [4.78, 5) is 4.26. The number of rotatable bonds is 5. The van der Waals surface area contributed by atoms with Gasteiger partial charge in [-0.2, -0.15) is 0 Å². The second kappa shape index (κ2) is 7.90. The number of pyridine rings is 1. The van der Waals surface area contributed by atoms with Gasteiger partial charge >= 0.3 is 0 Å². The van der Waals surface area contributed by atoms with Gasteiger partial charge in [-0.3, -0.25) is 4.98 Å². The second-order valence-electron chi connectivity index (χ2n) is 8.54. The molecule has 5 heteroatoms. The van der Waals surface area contributed by atoms with Gasteiger partial charge in [0.25, 0.3) is 0 Å². The van der Waals surface area contributed by atoms with Gasteiger partial charge in [0.05, 0.1) is 11.7 Å². The van der Waals surface area contributed by atoms with E-state index in [9.17, 15) is 8.78 Å². The minimum atomic E-state index is -0.464. The summed E-state index contributed by atoms with van der Waals surface area (Å²) in [6.45, 7) is 10.2. The number of hydrogen-bond donors (Lipinski definition) is 2. The summed E-state index contributed by atoms with van der Waals surface area (Å²) in [6.07, 6.45) is 5.46. The Morgan fingerprint density at radius 2 is 1.96 bits per heavy atom. The molecule has 3 rings (SSSR count). The van der Waals surface area contributed by atoms with Crippen LogP contribution >= 0.6 is 0 Å². The third-order valence-electron chi connectivity index (χ3n) is 5.31. The third-order valence-corrected chi connectivity index (χ3v) is 5.31. The lowest BCUT2D eigenvalue weighted by molar-refractivity contribution is 0.535. The summed E-state index contributed by atoms with van der Waals surface area (Å²) in [6, 6.07) is 6.35. The first-order chi connectivity index (χ1) is 13.2. The largest absolute Gasteiger partial charge is 0.386 e. The normalized spacial score (nSPS) is 17.8. The Bertz CT molecular complexity index is 884. The van der Waals surface area contributed by atoms with E-state index >= 15 is 0 Å². The molecule has 0 saturated carbocycles. The number of aromatic nitrogens is 1. The smallest absolute Gasteiger partial charge is 0.133 e. The van der Waals surface area contributed by atoms with Gasteiger partial charge in [-0.15, -0.1) is 0 Å². The van der Waals surface area contributed by atoms with Crippen molar-refractivity contribution < 1.29 is 8.78 Å². The van der Waals surface area contributed by atoms with E-state index in [4.69, 9.17) is 0 Å². The van der Waals surface area contributed by atoms with Gasteiger partial charge in [0.1, 0.15) is 11.6 Å². The number of nitrogens with zero attached hydrogens (tertiary/aromatic N) is 1. The van der Waals surface area contributed by atoms with E-state index in [1.807, 2.05) is 25.3 Å². The molecule has 1 aromatic carbocycles. The van der Waals surface area contributed by atoms with Crippen LogP contribution in [-0.2, 0) is 5.41 Å². The van der Waals surface area contributed by atoms with E-state index in [2.05, 4.69) is 43.3 Å². The van der Waals surface area contributed by atoms with Crippen LogP contribution in [0.3, 0.4) is 0 Å². The molecule has 2 N–H and O–H groups in total. The average Bonchev–Trinajstić information content (AvgIpc) is 3.10. The van der Waals surface area contributed by atoms with Gasteiger partial charge in [-0.05, 0) is 48.6 Å². The van der Waals surface area contributed by atoms with E-state index < -0.39 is 11.6 Å². The molecule has 2 aromatic rings. The van der Waals surface area contributed by atoms with Crippen LogP contribution in [0.1, 0.15) is 64.6 Å². The van der Waals surface area contributed by atoms with Crippen LogP contribution in [0.2, 0.25) is 0 Å². The summed E-state index contributed by atoms with van der Waals surface area (Å²) >= 11 is 0. The first-order valence-electron chi connectivity index (χ1n) is 9.86. The lowest BCUT2D eigenvalue weighted by Crippen LogP contribution is -2.20. The molecule has 150 valence electrons. The Hall–Kier alpha value is -2.43. The van der Waals surface area contributed by atoms with Crippen molar-refractivity contribution in [1.82, 2.24) is 15.6 Å². The predicted octanol–water partition coefficient (Wildman–Crippen LogP) is 5.59. The minimum absolute atomic E-state index is 0.0928. The highest BCUT2D eigenvalue weighted by atomic mass is 19.1. The van der Waals surface area contributed by atoms with Crippen LogP contribution in [-0.4, -0.2) is 11.0 Å². The van der Waals surface area contributed by atoms with Gasteiger partial charge in [-0.1, -0.05) is 27.7 Å². The molecule has 1 aliphatic rings. The Kier molecular flexibility index (Phi) is 5.73. The number of nitrogens with one attached hydrogen (secondary N) is 2. The van der Waals surface area contributed by atoms with Crippen LogP contribution in [0, 0.1) is 11.6 Å². The highest BCUT2D eigenvalue weighted by Gasteiger charge is 2.21. The summed E-state index contributed by atoms with van der Waals surface area (Å²) < 4.78 is 29.7. The average molecular weight is 386 g/mol. The highest BCUT2D eigenvalue weighted by Crippen LogP contribution is 2.30. The topological polar surface area (TPSA) is 37.0 Å². The molecule has 1 unspecified atom stereocenters. The quantitative estimate of drug-likeness (QED) is 0.705. The van der Waals surface area contributed by atoms with Crippen molar-refractivity contribution in [3.05, 3.63) is 65.1 Å². The fraction of sp³-hybridized carbons (Fsp3) is 0.435. The van der Waals surface area contributed by atoms with Crippen molar-refractivity contribution >= 4 is 0 Å². The molecule has 0 aliphatic carbocycles. The van der Waals surface area contributed by atoms with Crippen LogP contribution in [0.4, 0.5) is 8.78 Å². The summed E-state index contributed by atoms with van der Waals surface area (Å²) in [5.41, 5.74) is 2.90. The first-order valence-corrected chi connectivity index (χ1v) is 9.86. The lowest BCUT2D eigenvalue weighted by atomic mass is 9.87. The van der Waals surface area contributed by atoms with E-state index in [1.54, 1.807) is 6.20 Å². The molecule has 28 heavy (non-hydrogen) atoms. The fourth-order valence-electron chi connectivity index (χ4n) is 3.46. The Labute approximate surface area is 166 Å². The van der Waals surface area contributed by atoms with Crippen molar-refractivity contribution in [2.75, 3.05) is 0 Å². The highest BCUT2D eigenvalue weighted by molar-refractivity contribution is 5.62. The standard InChI is InChI=1S/C23H29F2N3/c1-6-16-10-17(13-27-16)28-14(2)18-11-21(25)19(12-20(18)24)22-9-15(7-8-26-22)23(3,4)5/h7-9,11-14,16,27-28H,6,10H2,1-5H3/t14?,16-/m0/s1. The molecular weight excluding hydrogens is 356 g/mol. The van der Waals surface area contributed by atoms with Crippen molar-refractivity contribution in [2.24, 2.45) is 0 Å². The van der Waals surface area contributed by atoms with Crippen LogP contribution < -0.4 is 10.6 Å². The van der Waals surface area contributed by atoms with E-state index in [-0.39, 0.29) is 17.0 Å². The Balaban J connectivity index is 1.85. The van der Waals surface area contributed by atoms with Gasteiger partial charge < -0.3 is 10.6 Å². The Morgan fingerprint density at radius 1 is 1.21 bits per heavy atom. The summed E-state index contributed by atoms with van der Waals surface area (Å²) in [7, 11) is 0. The maximum absolute atomic E-state index is 14.9. The maximum Gasteiger partial charge on any atom is 0.133 e. The molecular formula is C23H29F2N3. The SMILES string of the molecule is CC[C@H]1CC(NC(C)c2cc(F)c(-c3cc(C(C)(C)C)ccn3)cc2F)=CN1. The molecule has 1 aromatic heterocycles. The summed E-state index contributed by atoms with van der Waals surface area (Å²) in [5, 5.41) is 6.58. The van der Waals surface area contributed by atoms with Crippen LogP contribution in [0.25, 0.3) is 11.3 Å². The lowest BCUT2D eigenvalue weighted by Gasteiger charge is -2.20. The van der Waals surface area contributed by atoms with E-state index in [1.165, 1.54) is 12.1 Å². The molecule has 0 spiro atoms. The third kappa shape index (κ3) is 4.34. The van der Waals surface area contributed by atoms with Crippen molar-refractivity contribution in [3.63, 3.8) is 0 Å². The van der Waals surface area contributed by atoms with E-state index in [0.29, 0.717) is 17.3 Å². The molecule has 0 fully saturated rings. The molecule has 0 saturated heterocycles. The number of halogens is 2. The monoisotopic (exact) mass is 385 g/mol. The van der Waals surface area contributed by atoms with Crippen molar-refractivity contribution in [3.8, 4) is 11.3 Å². The Morgan fingerprint density at radius 3 is 2.61 bits per heavy atom. The number of hydrogen-bond acceptors (Lipinski definition) is 3. The van der Waals surface area contributed by atoms with Crippen molar-refractivity contribution in [2.45, 2.75) is 65.0 Å². The van der Waals surface area contributed by atoms with Gasteiger partial charge in [0, 0.05) is 41.7 Å².